The second-order valence-electron chi connectivity index (χ2n) is 6.19. The van der Waals surface area contributed by atoms with Crippen molar-refractivity contribution in [2.24, 2.45) is 5.92 Å². The summed E-state index contributed by atoms with van der Waals surface area (Å²) in [6.45, 7) is 2.71. The van der Waals surface area contributed by atoms with Crippen LogP contribution in [0.15, 0.2) is 18.2 Å². The Morgan fingerprint density at radius 3 is 2.75 bits per heavy atom. The molecule has 1 atom stereocenters. The zero-order valence-electron chi connectivity index (χ0n) is 13.6. The monoisotopic (exact) mass is 351 g/mol. The van der Waals surface area contributed by atoms with Gasteiger partial charge >= 0.3 is 0 Å². The second kappa shape index (κ2) is 7.77. The maximum absolute atomic E-state index is 12.2. The standard InChI is InChI=1S/C17H21N3O3.ClH/c1-20-16(22)13-5-4-12(9-14(13)17(20)23)15(21)19-8-6-11-3-2-7-18-10-11;/h4-5,9,11,18H,2-3,6-8,10H2,1H3,(H,19,21);1H. The van der Waals surface area contributed by atoms with Crippen LogP contribution in [0.25, 0.3) is 0 Å². The average Bonchev–Trinajstić information content (AvgIpc) is 2.80. The van der Waals surface area contributed by atoms with Crippen molar-refractivity contribution in [2.45, 2.75) is 19.3 Å². The van der Waals surface area contributed by atoms with Crippen LogP contribution < -0.4 is 10.6 Å². The smallest absolute Gasteiger partial charge is 0.261 e. The molecule has 1 aromatic rings. The molecule has 2 N–H and O–H groups in total. The normalized spacial score (nSPS) is 19.7. The van der Waals surface area contributed by atoms with Gasteiger partial charge in [0.2, 0.25) is 0 Å². The summed E-state index contributed by atoms with van der Waals surface area (Å²) < 4.78 is 0. The molecule has 1 fully saturated rings. The number of piperidine rings is 1. The lowest BCUT2D eigenvalue weighted by molar-refractivity contribution is 0.0693. The molecule has 24 heavy (non-hydrogen) atoms. The van der Waals surface area contributed by atoms with Crippen LogP contribution in [0.3, 0.4) is 0 Å². The van der Waals surface area contributed by atoms with E-state index in [9.17, 15) is 14.4 Å². The van der Waals surface area contributed by atoms with Crippen molar-refractivity contribution in [3.8, 4) is 0 Å². The largest absolute Gasteiger partial charge is 0.352 e. The molecule has 0 saturated carbocycles. The lowest BCUT2D eigenvalue weighted by Gasteiger charge is -2.22. The summed E-state index contributed by atoms with van der Waals surface area (Å²) in [4.78, 5) is 37.1. The molecule has 1 unspecified atom stereocenters. The molecule has 0 aromatic heterocycles. The minimum absolute atomic E-state index is 0. The number of nitrogens with zero attached hydrogens (tertiary/aromatic N) is 1. The fourth-order valence-corrected chi connectivity index (χ4v) is 3.16. The third kappa shape index (κ3) is 3.60. The summed E-state index contributed by atoms with van der Waals surface area (Å²) in [6, 6.07) is 4.66. The molecule has 0 aliphatic carbocycles. The zero-order valence-corrected chi connectivity index (χ0v) is 14.4. The van der Waals surface area contributed by atoms with Gasteiger partial charge in [0, 0.05) is 19.2 Å². The first-order valence-corrected chi connectivity index (χ1v) is 8.03. The van der Waals surface area contributed by atoms with E-state index in [1.165, 1.54) is 26.0 Å². The number of hydrogen-bond donors (Lipinski definition) is 2. The van der Waals surface area contributed by atoms with E-state index in [1.807, 2.05) is 0 Å². The van der Waals surface area contributed by atoms with E-state index < -0.39 is 0 Å². The highest BCUT2D eigenvalue weighted by Crippen LogP contribution is 2.22. The number of fused-ring (bicyclic) bond motifs is 1. The quantitative estimate of drug-likeness (QED) is 0.805. The molecular weight excluding hydrogens is 330 g/mol. The van der Waals surface area contributed by atoms with Crippen LogP contribution in [0.4, 0.5) is 0 Å². The van der Waals surface area contributed by atoms with Gasteiger partial charge in [-0.2, -0.15) is 0 Å². The molecule has 0 spiro atoms. The van der Waals surface area contributed by atoms with Crippen LogP contribution >= 0.6 is 12.4 Å². The molecule has 2 aliphatic heterocycles. The number of carbonyl (C=O) groups is 3. The average molecular weight is 352 g/mol. The van der Waals surface area contributed by atoms with Gasteiger partial charge in [-0.05, 0) is 56.5 Å². The second-order valence-corrected chi connectivity index (χ2v) is 6.19. The number of imide groups is 1. The van der Waals surface area contributed by atoms with E-state index >= 15 is 0 Å². The van der Waals surface area contributed by atoms with Gasteiger partial charge in [-0.25, -0.2) is 0 Å². The first kappa shape index (κ1) is 18.4. The van der Waals surface area contributed by atoms with E-state index in [2.05, 4.69) is 10.6 Å². The van der Waals surface area contributed by atoms with Crippen molar-refractivity contribution in [3.63, 3.8) is 0 Å². The van der Waals surface area contributed by atoms with Crippen LogP contribution in [0, 0.1) is 5.92 Å². The Bertz CT molecular complexity index is 656. The Hall–Kier alpha value is -1.92. The van der Waals surface area contributed by atoms with Crippen molar-refractivity contribution in [2.75, 3.05) is 26.7 Å². The fourth-order valence-electron chi connectivity index (χ4n) is 3.16. The van der Waals surface area contributed by atoms with Crippen LogP contribution in [-0.4, -0.2) is 49.3 Å². The fraction of sp³-hybridized carbons (Fsp3) is 0.471. The number of amides is 3. The van der Waals surface area contributed by atoms with Crippen LogP contribution in [-0.2, 0) is 0 Å². The van der Waals surface area contributed by atoms with E-state index in [1.54, 1.807) is 12.1 Å². The number of halogens is 1. The lowest BCUT2D eigenvalue weighted by Crippen LogP contribution is -2.33. The van der Waals surface area contributed by atoms with Gasteiger partial charge in [-0.3, -0.25) is 19.3 Å². The summed E-state index contributed by atoms with van der Waals surface area (Å²) in [5, 5.41) is 6.26. The van der Waals surface area contributed by atoms with Crippen LogP contribution in [0.5, 0.6) is 0 Å². The Morgan fingerprint density at radius 1 is 1.29 bits per heavy atom. The molecule has 0 bridgehead atoms. The topological polar surface area (TPSA) is 78.5 Å². The molecule has 7 heteroatoms. The summed E-state index contributed by atoms with van der Waals surface area (Å²) >= 11 is 0. The van der Waals surface area contributed by atoms with E-state index in [0.29, 0.717) is 29.2 Å². The third-order valence-electron chi connectivity index (χ3n) is 4.59. The van der Waals surface area contributed by atoms with Gasteiger partial charge in [-0.15, -0.1) is 12.4 Å². The molecule has 2 aliphatic rings. The molecule has 0 radical (unpaired) electrons. The SMILES string of the molecule is CN1C(=O)c2ccc(C(=O)NCCC3CCCNC3)cc2C1=O.Cl. The number of rotatable bonds is 4. The van der Waals surface area contributed by atoms with Crippen molar-refractivity contribution in [1.29, 1.82) is 0 Å². The Labute approximate surface area is 147 Å². The molecule has 2 heterocycles. The predicted octanol–water partition coefficient (Wildman–Crippen LogP) is 1.45. The number of benzene rings is 1. The van der Waals surface area contributed by atoms with E-state index in [0.717, 1.165) is 24.4 Å². The molecule has 6 nitrogen and oxygen atoms in total. The molecular formula is C17H22ClN3O3. The van der Waals surface area contributed by atoms with Gasteiger partial charge in [0.1, 0.15) is 0 Å². The van der Waals surface area contributed by atoms with Gasteiger partial charge in [0.05, 0.1) is 11.1 Å². The predicted molar refractivity (Wildman–Crippen MR) is 92.7 cm³/mol. The first-order valence-electron chi connectivity index (χ1n) is 8.03. The zero-order chi connectivity index (χ0) is 16.4. The molecule has 130 valence electrons. The van der Waals surface area contributed by atoms with Gasteiger partial charge in [-0.1, -0.05) is 0 Å². The van der Waals surface area contributed by atoms with E-state index in [-0.39, 0.29) is 30.1 Å². The minimum Gasteiger partial charge on any atom is -0.352 e. The van der Waals surface area contributed by atoms with Gasteiger partial charge in [0.15, 0.2) is 0 Å². The van der Waals surface area contributed by atoms with Crippen molar-refractivity contribution < 1.29 is 14.4 Å². The number of nitrogens with one attached hydrogen (secondary N) is 2. The Morgan fingerprint density at radius 2 is 2.04 bits per heavy atom. The highest BCUT2D eigenvalue weighted by atomic mass is 35.5. The number of carbonyl (C=O) groups excluding carboxylic acids is 3. The van der Waals surface area contributed by atoms with Crippen LogP contribution in [0.2, 0.25) is 0 Å². The molecule has 3 rings (SSSR count). The van der Waals surface area contributed by atoms with Crippen molar-refractivity contribution >= 4 is 30.1 Å². The highest BCUT2D eigenvalue weighted by molar-refractivity contribution is 6.21. The van der Waals surface area contributed by atoms with Crippen molar-refractivity contribution in [3.05, 3.63) is 34.9 Å². The maximum atomic E-state index is 12.2. The summed E-state index contributed by atoms with van der Waals surface area (Å²) in [6.07, 6.45) is 3.33. The molecule has 1 aromatic carbocycles. The van der Waals surface area contributed by atoms with Gasteiger partial charge < -0.3 is 10.6 Å². The third-order valence-corrected chi connectivity index (χ3v) is 4.59. The highest BCUT2D eigenvalue weighted by Gasteiger charge is 2.33. The Balaban J connectivity index is 0.00000208. The first-order chi connectivity index (χ1) is 11.1. The molecule has 1 saturated heterocycles. The minimum atomic E-state index is -0.354. The van der Waals surface area contributed by atoms with Gasteiger partial charge in [0.25, 0.3) is 17.7 Å². The number of hydrogen-bond acceptors (Lipinski definition) is 4. The summed E-state index contributed by atoms with van der Waals surface area (Å²) in [5.41, 5.74) is 1.09. The summed E-state index contributed by atoms with van der Waals surface area (Å²) in [5.74, 6) is -0.266. The Kier molecular flexibility index (Phi) is 5.96. The van der Waals surface area contributed by atoms with Crippen LogP contribution in [0.1, 0.15) is 50.3 Å². The van der Waals surface area contributed by atoms with Crippen molar-refractivity contribution in [1.82, 2.24) is 15.5 Å². The van der Waals surface area contributed by atoms with E-state index in [4.69, 9.17) is 0 Å². The maximum Gasteiger partial charge on any atom is 0.261 e. The molecule has 3 amide bonds. The lowest BCUT2D eigenvalue weighted by atomic mass is 9.96. The summed E-state index contributed by atoms with van der Waals surface area (Å²) in [7, 11) is 1.45.